The average Bonchev–Trinajstić information content (AvgIpc) is 2.72. The van der Waals surface area contributed by atoms with Crippen molar-refractivity contribution >= 4 is 23.4 Å². The highest BCUT2D eigenvalue weighted by molar-refractivity contribution is 5.94. The summed E-state index contributed by atoms with van der Waals surface area (Å²) < 4.78 is 5.55. The van der Waals surface area contributed by atoms with Crippen molar-refractivity contribution < 1.29 is 19.1 Å². The lowest BCUT2D eigenvalue weighted by Gasteiger charge is -2.31. The van der Waals surface area contributed by atoms with Gasteiger partial charge in [0.1, 0.15) is 11.6 Å². The van der Waals surface area contributed by atoms with Crippen LogP contribution in [0.3, 0.4) is 0 Å². The van der Waals surface area contributed by atoms with E-state index in [0.29, 0.717) is 43.1 Å². The molecular weight excluding hydrogens is 370 g/mol. The van der Waals surface area contributed by atoms with Gasteiger partial charge in [0.25, 0.3) is 5.91 Å². The molecule has 0 unspecified atom stereocenters. The Labute approximate surface area is 170 Å². The summed E-state index contributed by atoms with van der Waals surface area (Å²) in [6, 6.07) is 10.5. The van der Waals surface area contributed by atoms with E-state index in [0.717, 1.165) is 5.56 Å². The van der Waals surface area contributed by atoms with Crippen LogP contribution in [-0.2, 0) is 9.59 Å². The van der Waals surface area contributed by atoms with Crippen molar-refractivity contribution in [3.8, 4) is 5.75 Å². The number of amides is 2. The van der Waals surface area contributed by atoms with Crippen molar-refractivity contribution in [2.24, 2.45) is 5.92 Å². The molecule has 3 rings (SSSR count). The van der Waals surface area contributed by atoms with Crippen LogP contribution in [0.15, 0.2) is 42.6 Å². The van der Waals surface area contributed by atoms with Crippen LogP contribution in [0.5, 0.6) is 5.75 Å². The van der Waals surface area contributed by atoms with Gasteiger partial charge in [0.2, 0.25) is 5.91 Å². The Balaban J connectivity index is 1.46. The van der Waals surface area contributed by atoms with E-state index < -0.39 is 0 Å². The number of rotatable bonds is 6. The van der Waals surface area contributed by atoms with E-state index in [1.54, 1.807) is 35.4 Å². The number of Topliss-reactive ketones (excluding diaryl/α,β-unsaturated/α-hetero) is 1. The fraction of sp³-hybridized carbons (Fsp3) is 0.364. The zero-order valence-corrected chi connectivity index (χ0v) is 16.7. The number of nitrogens with zero attached hydrogens (tertiary/aromatic N) is 2. The van der Waals surface area contributed by atoms with Crippen molar-refractivity contribution in [3.05, 3.63) is 53.7 Å². The number of carbonyl (C=O) groups is 3. The molecule has 0 atom stereocenters. The number of hydrogen-bond donors (Lipinski definition) is 1. The van der Waals surface area contributed by atoms with Gasteiger partial charge in [-0.1, -0.05) is 12.1 Å². The summed E-state index contributed by atoms with van der Waals surface area (Å²) in [5.74, 6) is 0.656. The van der Waals surface area contributed by atoms with Crippen LogP contribution in [0.1, 0.15) is 35.7 Å². The summed E-state index contributed by atoms with van der Waals surface area (Å²) in [6.45, 7) is 4.36. The summed E-state index contributed by atoms with van der Waals surface area (Å²) in [4.78, 5) is 42.2. The molecule has 1 aromatic carbocycles. The van der Waals surface area contributed by atoms with Crippen LogP contribution in [0.2, 0.25) is 0 Å². The first-order valence-corrected chi connectivity index (χ1v) is 9.67. The largest absolute Gasteiger partial charge is 0.484 e. The third-order valence-electron chi connectivity index (χ3n) is 4.99. The zero-order chi connectivity index (χ0) is 20.8. The number of ether oxygens (including phenoxy) is 1. The van der Waals surface area contributed by atoms with Crippen molar-refractivity contribution in [2.45, 2.75) is 26.7 Å². The smallest absolute Gasteiger partial charge is 0.260 e. The number of nitrogens with one attached hydrogen (secondary N) is 1. The summed E-state index contributed by atoms with van der Waals surface area (Å²) in [5, 5.41) is 2.85. The van der Waals surface area contributed by atoms with Crippen LogP contribution in [0.25, 0.3) is 0 Å². The molecule has 2 amide bonds. The summed E-state index contributed by atoms with van der Waals surface area (Å²) in [6.07, 6.45) is 2.87. The Hall–Kier alpha value is -3.22. The zero-order valence-electron chi connectivity index (χ0n) is 16.7. The number of ketones is 1. The Kier molecular flexibility index (Phi) is 6.59. The third-order valence-corrected chi connectivity index (χ3v) is 4.99. The highest BCUT2D eigenvalue weighted by Gasteiger charge is 2.27. The number of piperidine rings is 1. The number of carbonyl (C=O) groups excluding carboxylic acids is 3. The molecule has 0 saturated carbocycles. The maximum absolute atomic E-state index is 12.4. The molecule has 0 radical (unpaired) electrons. The fourth-order valence-corrected chi connectivity index (χ4v) is 3.27. The Morgan fingerprint density at radius 2 is 1.93 bits per heavy atom. The van der Waals surface area contributed by atoms with E-state index in [1.807, 2.05) is 19.1 Å². The van der Waals surface area contributed by atoms with Crippen molar-refractivity contribution in [1.82, 2.24) is 9.88 Å². The van der Waals surface area contributed by atoms with E-state index in [1.165, 1.54) is 6.92 Å². The van der Waals surface area contributed by atoms with Gasteiger partial charge in [-0.2, -0.15) is 0 Å². The van der Waals surface area contributed by atoms with Gasteiger partial charge < -0.3 is 15.0 Å². The number of hydrogen-bond acceptors (Lipinski definition) is 5. The average molecular weight is 395 g/mol. The lowest BCUT2D eigenvalue weighted by Crippen LogP contribution is -2.43. The summed E-state index contributed by atoms with van der Waals surface area (Å²) in [5.41, 5.74) is 1.58. The molecule has 0 aliphatic carbocycles. The minimum absolute atomic E-state index is 0.0528. The highest BCUT2D eigenvalue weighted by atomic mass is 16.5. The van der Waals surface area contributed by atoms with Crippen LogP contribution in [0.4, 0.5) is 5.82 Å². The van der Waals surface area contributed by atoms with Crippen LogP contribution < -0.4 is 10.1 Å². The molecule has 0 bridgehead atoms. The van der Waals surface area contributed by atoms with Gasteiger partial charge in [0.15, 0.2) is 12.4 Å². The first-order chi connectivity index (χ1) is 13.9. The Bertz CT molecular complexity index is 904. The topological polar surface area (TPSA) is 88.6 Å². The van der Waals surface area contributed by atoms with Gasteiger partial charge in [0, 0.05) is 30.8 Å². The lowest BCUT2D eigenvalue weighted by atomic mass is 9.96. The summed E-state index contributed by atoms with van der Waals surface area (Å²) in [7, 11) is 0. The molecule has 1 saturated heterocycles. The molecule has 0 spiro atoms. The lowest BCUT2D eigenvalue weighted by molar-refractivity contribution is -0.136. The second-order valence-corrected chi connectivity index (χ2v) is 7.24. The van der Waals surface area contributed by atoms with Gasteiger partial charge >= 0.3 is 0 Å². The van der Waals surface area contributed by atoms with Gasteiger partial charge in [-0.15, -0.1) is 0 Å². The van der Waals surface area contributed by atoms with E-state index in [2.05, 4.69) is 10.3 Å². The predicted molar refractivity (Wildman–Crippen MR) is 109 cm³/mol. The monoisotopic (exact) mass is 395 g/mol. The molecule has 7 nitrogen and oxygen atoms in total. The molecule has 2 aromatic rings. The van der Waals surface area contributed by atoms with E-state index in [4.69, 9.17) is 4.74 Å². The van der Waals surface area contributed by atoms with Crippen molar-refractivity contribution in [2.75, 3.05) is 25.0 Å². The second-order valence-electron chi connectivity index (χ2n) is 7.24. The van der Waals surface area contributed by atoms with Crippen molar-refractivity contribution in [3.63, 3.8) is 0 Å². The normalized spacial score (nSPS) is 14.3. The van der Waals surface area contributed by atoms with E-state index in [-0.39, 0.29) is 30.1 Å². The Morgan fingerprint density at radius 3 is 2.62 bits per heavy atom. The molecular formula is C22H25N3O4. The summed E-state index contributed by atoms with van der Waals surface area (Å²) >= 11 is 0. The Morgan fingerprint density at radius 1 is 1.17 bits per heavy atom. The molecule has 7 heteroatoms. The molecule has 152 valence electrons. The SMILES string of the molecule is CC(=O)c1cccc(OCC(=O)N2CCC(C(=O)Nc3cc(C)ccn3)CC2)c1. The van der Waals surface area contributed by atoms with Gasteiger partial charge in [0.05, 0.1) is 0 Å². The molecule has 1 aliphatic heterocycles. The first-order valence-electron chi connectivity index (χ1n) is 9.67. The maximum Gasteiger partial charge on any atom is 0.260 e. The number of pyridine rings is 1. The first kappa shape index (κ1) is 20.5. The molecule has 1 aromatic heterocycles. The standard InChI is InChI=1S/C22H25N3O4/c1-15-6-9-23-20(12-15)24-22(28)17-7-10-25(11-8-17)21(27)14-29-19-5-3-4-18(13-19)16(2)26/h3-6,9,12-13,17H,7-8,10-11,14H2,1-2H3,(H,23,24,28). The quantitative estimate of drug-likeness (QED) is 0.760. The predicted octanol–water partition coefficient (Wildman–Crippen LogP) is 2.85. The molecule has 1 fully saturated rings. The van der Waals surface area contributed by atoms with Crippen molar-refractivity contribution in [1.29, 1.82) is 0 Å². The number of aromatic nitrogens is 1. The second kappa shape index (κ2) is 9.32. The van der Waals surface area contributed by atoms with E-state index in [9.17, 15) is 14.4 Å². The highest BCUT2D eigenvalue weighted by Crippen LogP contribution is 2.20. The molecule has 1 aliphatic rings. The molecule has 1 N–H and O–H groups in total. The maximum atomic E-state index is 12.4. The molecule has 29 heavy (non-hydrogen) atoms. The fourth-order valence-electron chi connectivity index (χ4n) is 3.27. The van der Waals surface area contributed by atoms with Crippen LogP contribution >= 0.6 is 0 Å². The van der Waals surface area contributed by atoms with Gasteiger partial charge in [-0.25, -0.2) is 4.98 Å². The minimum atomic E-state index is -0.144. The molecule has 2 heterocycles. The number of likely N-dealkylation sites (tertiary alicyclic amines) is 1. The minimum Gasteiger partial charge on any atom is -0.484 e. The van der Waals surface area contributed by atoms with E-state index >= 15 is 0 Å². The van der Waals surface area contributed by atoms with Gasteiger partial charge in [-0.05, 0) is 56.5 Å². The third kappa shape index (κ3) is 5.63. The van der Waals surface area contributed by atoms with Crippen LogP contribution in [-0.4, -0.2) is 47.2 Å². The number of anilines is 1. The number of aryl methyl sites for hydroxylation is 1. The van der Waals surface area contributed by atoms with Crippen LogP contribution in [0, 0.1) is 12.8 Å². The van der Waals surface area contributed by atoms with Gasteiger partial charge in [-0.3, -0.25) is 14.4 Å². The number of benzene rings is 1.